The number of aliphatic hydroxyl groups excluding tert-OH is 1. The molecule has 16 heavy (non-hydrogen) atoms. The monoisotopic (exact) mass is 227 g/mol. The summed E-state index contributed by atoms with van der Waals surface area (Å²) in [5, 5.41) is 12.1. The zero-order valence-electron chi connectivity index (χ0n) is 9.19. The van der Waals surface area contributed by atoms with Crippen LogP contribution in [-0.4, -0.2) is 65.7 Å². The number of hydrogen-bond acceptors (Lipinski definition) is 4. The van der Waals surface area contributed by atoms with Crippen LogP contribution in [0.1, 0.15) is 12.8 Å². The number of aliphatic hydroxyl groups is 1. The molecule has 0 radical (unpaired) electrons. The van der Waals surface area contributed by atoms with Gasteiger partial charge in [0.05, 0.1) is 12.6 Å². The van der Waals surface area contributed by atoms with E-state index in [-0.39, 0.29) is 24.6 Å². The fourth-order valence-corrected chi connectivity index (χ4v) is 2.16. The molecular weight excluding hydrogens is 210 g/mol. The van der Waals surface area contributed by atoms with E-state index in [2.05, 4.69) is 5.32 Å². The van der Waals surface area contributed by atoms with Gasteiger partial charge in [0, 0.05) is 19.6 Å². The minimum Gasteiger partial charge on any atom is -0.392 e. The highest BCUT2D eigenvalue weighted by Gasteiger charge is 2.28. The summed E-state index contributed by atoms with van der Waals surface area (Å²) in [4.78, 5) is 26.2. The highest BCUT2D eigenvalue weighted by molar-refractivity contribution is 5.96. The van der Waals surface area contributed by atoms with E-state index in [1.54, 1.807) is 0 Å². The van der Waals surface area contributed by atoms with Crippen LogP contribution < -0.4 is 5.32 Å². The standard InChI is InChI=1S/C10H17N3O3/c14-8-2-1-4-12(6-8)7-9(15)13-5-3-11-10(13)16/h8,14H,1-7H2,(H,11,16). The molecule has 6 nitrogen and oxygen atoms in total. The van der Waals surface area contributed by atoms with E-state index in [1.165, 1.54) is 4.90 Å². The number of carbonyl (C=O) groups is 2. The number of nitrogens with one attached hydrogen (secondary N) is 1. The summed E-state index contributed by atoms with van der Waals surface area (Å²) in [7, 11) is 0. The summed E-state index contributed by atoms with van der Waals surface area (Å²) in [5.41, 5.74) is 0. The smallest absolute Gasteiger partial charge is 0.324 e. The normalized spacial score (nSPS) is 26.9. The molecule has 0 aromatic carbocycles. The molecule has 0 spiro atoms. The zero-order chi connectivity index (χ0) is 11.5. The molecule has 2 fully saturated rings. The summed E-state index contributed by atoms with van der Waals surface area (Å²) in [6.07, 6.45) is 1.36. The van der Waals surface area contributed by atoms with Crippen molar-refractivity contribution >= 4 is 11.9 Å². The molecule has 0 bridgehead atoms. The highest BCUT2D eigenvalue weighted by Crippen LogP contribution is 2.10. The predicted molar refractivity (Wildman–Crippen MR) is 56.8 cm³/mol. The third kappa shape index (κ3) is 2.51. The van der Waals surface area contributed by atoms with Crippen LogP contribution in [0.3, 0.4) is 0 Å². The second-order valence-electron chi connectivity index (χ2n) is 4.31. The van der Waals surface area contributed by atoms with E-state index in [9.17, 15) is 14.7 Å². The molecule has 2 heterocycles. The first kappa shape index (κ1) is 11.3. The summed E-state index contributed by atoms with van der Waals surface area (Å²) in [5.74, 6) is -0.177. The number of amides is 3. The van der Waals surface area contributed by atoms with E-state index < -0.39 is 0 Å². The van der Waals surface area contributed by atoms with Gasteiger partial charge in [0.1, 0.15) is 0 Å². The van der Waals surface area contributed by atoms with Crippen LogP contribution >= 0.6 is 0 Å². The van der Waals surface area contributed by atoms with E-state index in [0.29, 0.717) is 19.6 Å². The minimum atomic E-state index is -0.339. The third-order valence-electron chi connectivity index (χ3n) is 3.00. The SMILES string of the molecule is O=C(CN1CCCC(O)C1)N1CCNC1=O. The van der Waals surface area contributed by atoms with Crippen molar-refractivity contribution in [2.75, 3.05) is 32.7 Å². The summed E-state index contributed by atoms with van der Waals surface area (Å²) in [6, 6.07) is -0.303. The molecule has 0 aromatic heterocycles. The second kappa shape index (κ2) is 4.80. The van der Waals surface area contributed by atoms with Crippen molar-refractivity contribution in [2.24, 2.45) is 0 Å². The van der Waals surface area contributed by atoms with Crippen molar-refractivity contribution in [1.29, 1.82) is 0 Å². The Hall–Kier alpha value is -1.14. The van der Waals surface area contributed by atoms with Gasteiger partial charge in [-0.25, -0.2) is 4.79 Å². The van der Waals surface area contributed by atoms with Crippen LogP contribution in [0.5, 0.6) is 0 Å². The number of nitrogens with zero attached hydrogens (tertiary/aromatic N) is 2. The quantitative estimate of drug-likeness (QED) is 0.634. The average molecular weight is 227 g/mol. The summed E-state index contributed by atoms with van der Waals surface area (Å²) < 4.78 is 0. The fraction of sp³-hybridized carbons (Fsp3) is 0.800. The Kier molecular flexibility index (Phi) is 3.40. The Bertz CT molecular complexity index is 295. The molecule has 90 valence electrons. The van der Waals surface area contributed by atoms with Crippen LogP contribution in [0, 0.1) is 0 Å². The van der Waals surface area contributed by atoms with Crippen molar-refractivity contribution in [3.8, 4) is 0 Å². The first-order valence-electron chi connectivity index (χ1n) is 5.65. The number of hydrogen-bond donors (Lipinski definition) is 2. The molecular formula is C10H17N3O3. The molecule has 1 atom stereocenters. The number of likely N-dealkylation sites (tertiary alicyclic amines) is 1. The Morgan fingerprint density at radius 3 is 2.94 bits per heavy atom. The Morgan fingerprint density at radius 1 is 1.50 bits per heavy atom. The molecule has 0 saturated carbocycles. The summed E-state index contributed by atoms with van der Waals surface area (Å²) in [6.45, 7) is 2.56. The lowest BCUT2D eigenvalue weighted by Crippen LogP contribution is -2.46. The fourth-order valence-electron chi connectivity index (χ4n) is 2.16. The molecule has 2 rings (SSSR count). The van der Waals surface area contributed by atoms with Crippen molar-refractivity contribution in [1.82, 2.24) is 15.1 Å². The molecule has 2 N–H and O–H groups in total. The average Bonchev–Trinajstić information content (AvgIpc) is 2.64. The van der Waals surface area contributed by atoms with Gasteiger partial charge in [0.15, 0.2) is 0 Å². The van der Waals surface area contributed by atoms with Crippen molar-refractivity contribution < 1.29 is 14.7 Å². The first-order chi connectivity index (χ1) is 7.66. The van der Waals surface area contributed by atoms with Crippen LogP contribution in [-0.2, 0) is 4.79 Å². The number of carbonyl (C=O) groups excluding carboxylic acids is 2. The largest absolute Gasteiger partial charge is 0.392 e. The zero-order valence-corrected chi connectivity index (χ0v) is 9.19. The Morgan fingerprint density at radius 2 is 2.31 bits per heavy atom. The number of β-amino-alcohol motifs (C(OH)–C–C–N with tert-alkyl or cyclic N) is 1. The number of imide groups is 1. The first-order valence-corrected chi connectivity index (χ1v) is 5.65. The molecule has 1 unspecified atom stereocenters. The highest BCUT2D eigenvalue weighted by atomic mass is 16.3. The maximum atomic E-state index is 11.8. The van der Waals surface area contributed by atoms with Gasteiger partial charge in [-0.1, -0.05) is 0 Å². The van der Waals surface area contributed by atoms with Crippen LogP contribution in [0.4, 0.5) is 4.79 Å². The lowest BCUT2D eigenvalue weighted by molar-refractivity contribution is -0.129. The van der Waals surface area contributed by atoms with Gasteiger partial charge in [0.2, 0.25) is 5.91 Å². The predicted octanol–water partition coefficient (Wildman–Crippen LogP) is -1.01. The summed E-state index contributed by atoms with van der Waals surface area (Å²) >= 11 is 0. The van der Waals surface area contributed by atoms with Gasteiger partial charge in [-0.05, 0) is 19.4 Å². The van der Waals surface area contributed by atoms with Gasteiger partial charge in [-0.2, -0.15) is 0 Å². The Balaban J connectivity index is 1.84. The van der Waals surface area contributed by atoms with Crippen LogP contribution in [0.25, 0.3) is 0 Å². The molecule has 2 aliphatic rings. The van der Waals surface area contributed by atoms with Crippen molar-refractivity contribution in [3.05, 3.63) is 0 Å². The van der Waals surface area contributed by atoms with Crippen LogP contribution in [0.2, 0.25) is 0 Å². The Labute approximate surface area is 94.2 Å². The number of urea groups is 1. The minimum absolute atomic E-state index is 0.177. The lowest BCUT2D eigenvalue weighted by atomic mass is 10.1. The van der Waals surface area contributed by atoms with E-state index in [4.69, 9.17) is 0 Å². The van der Waals surface area contributed by atoms with E-state index in [0.717, 1.165) is 19.4 Å². The van der Waals surface area contributed by atoms with Gasteiger partial charge >= 0.3 is 6.03 Å². The molecule has 2 aliphatic heterocycles. The molecule has 0 aromatic rings. The van der Waals surface area contributed by atoms with Gasteiger partial charge in [0.25, 0.3) is 0 Å². The van der Waals surface area contributed by atoms with Crippen molar-refractivity contribution in [2.45, 2.75) is 18.9 Å². The second-order valence-corrected chi connectivity index (χ2v) is 4.31. The maximum Gasteiger partial charge on any atom is 0.324 e. The van der Waals surface area contributed by atoms with E-state index >= 15 is 0 Å². The van der Waals surface area contributed by atoms with Gasteiger partial charge in [-0.15, -0.1) is 0 Å². The van der Waals surface area contributed by atoms with E-state index in [1.807, 2.05) is 4.90 Å². The molecule has 0 aliphatic carbocycles. The number of rotatable bonds is 2. The topological polar surface area (TPSA) is 72.9 Å². The van der Waals surface area contributed by atoms with Gasteiger partial charge < -0.3 is 10.4 Å². The van der Waals surface area contributed by atoms with Crippen molar-refractivity contribution in [3.63, 3.8) is 0 Å². The molecule has 6 heteroatoms. The molecule has 2 saturated heterocycles. The maximum absolute atomic E-state index is 11.8. The molecule has 3 amide bonds. The van der Waals surface area contributed by atoms with Gasteiger partial charge in [-0.3, -0.25) is 14.6 Å². The number of piperidine rings is 1. The lowest BCUT2D eigenvalue weighted by Gasteiger charge is -2.30. The van der Waals surface area contributed by atoms with Crippen LogP contribution in [0.15, 0.2) is 0 Å². The third-order valence-corrected chi connectivity index (χ3v) is 3.00.